The Kier molecular flexibility index (Phi) is 1.71. The van der Waals surface area contributed by atoms with E-state index in [1.54, 1.807) is 0 Å². The maximum Gasteiger partial charge on any atom is 0.262 e. The molecule has 0 aliphatic carbocycles. The zero-order chi connectivity index (χ0) is 7.83. The summed E-state index contributed by atoms with van der Waals surface area (Å²) in [4.78, 5) is 0. The van der Waals surface area contributed by atoms with Crippen molar-refractivity contribution < 1.29 is 8.78 Å². The number of rotatable bonds is 1. The first-order valence-electron chi connectivity index (χ1n) is 3.60. The van der Waals surface area contributed by atoms with Crippen molar-refractivity contribution in [2.24, 2.45) is 0 Å². The molecule has 1 fully saturated rings. The van der Waals surface area contributed by atoms with Gasteiger partial charge in [-0.05, 0) is 13.3 Å². The molecule has 0 amide bonds. The highest BCUT2D eigenvalue weighted by atomic mass is 19.3. The molecular formula is C7H13F2N. The maximum absolute atomic E-state index is 12.6. The fraction of sp³-hybridized carbons (Fsp3) is 1.00. The van der Waals surface area contributed by atoms with Gasteiger partial charge in [0.15, 0.2) is 0 Å². The molecule has 0 saturated carbocycles. The van der Waals surface area contributed by atoms with Crippen molar-refractivity contribution in [2.75, 3.05) is 6.54 Å². The van der Waals surface area contributed by atoms with Gasteiger partial charge in [0.2, 0.25) is 0 Å². The summed E-state index contributed by atoms with van der Waals surface area (Å²) < 4.78 is 25.1. The van der Waals surface area contributed by atoms with Crippen molar-refractivity contribution in [3.8, 4) is 0 Å². The summed E-state index contributed by atoms with van der Waals surface area (Å²) in [6, 6.07) is 0. The summed E-state index contributed by atoms with van der Waals surface area (Å²) in [5.74, 6) is -2.48. The van der Waals surface area contributed by atoms with E-state index < -0.39 is 5.92 Å². The van der Waals surface area contributed by atoms with E-state index in [9.17, 15) is 8.78 Å². The third-order valence-corrected chi connectivity index (χ3v) is 2.20. The Morgan fingerprint density at radius 2 is 2.10 bits per heavy atom. The average Bonchev–Trinajstić information content (AvgIpc) is 2.08. The molecule has 1 saturated heterocycles. The molecule has 0 bridgehead atoms. The second kappa shape index (κ2) is 2.16. The van der Waals surface area contributed by atoms with E-state index >= 15 is 0 Å². The van der Waals surface area contributed by atoms with Crippen LogP contribution in [-0.4, -0.2) is 18.0 Å². The van der Waals surface area contributed by atoms with Crippen molar-refractivity contribution in [1.29, 1.82) is 0 Å². The lowest BCUT2D eigenvalue weighted by molar-refractivity contribution is 0.0165. The lowest BCUT2D eigenvalue weighted by Gasteiger charge is -2.21. The lowest BCUT2D eigenvalue weighted by atomic mass is 9.96. The highest BCUT2D eigenvalue weighted by Gasteiger charge is 2.45. The number of nitrogens with one attached hydrogen (secondary N) is 1. The van der Waals surface area contributed by atoms with Gasteiger partial charge in [-0.3, -0.25) is 0 Å². The molecule has 3 heteroatoms. The Balaban J connectivity index is 2.57. The van der Waals surface area contributed by atoms with Gasteiger partial charge in [0, 0.05) is 12.0 Å². The molecule has 0 aromatic rings. The van der Waals surface area contributed by atoms with Crippen molar-refractivity contribution in [2.45, 2.75) is 38.2 Å². The largest absolute Gasteiger partial charge is 0.306 e. The number of hydrogen-bond acceptors (Lipinski definition) is 1. The number of alkyl halides is 2. The first-order valence-corrected chi connectivity index (χ1v) is 3.60. The fourth-order valence-corrected chi connectivity index (χ4v) is 1.29. The zero-order valence-corrected chi connectivity index (χ0v) is 6.38. The predicted octanol–water partition coefficient (Wildman–Crippen LogP) is 1.78. The van der Waals surface area contributed by atoms with Crippen LogP contribution in [-0.2, 0) is 0 Å². The van der Waals surface area contributed by atoms with E-state index in [0.717, 1.165) is 6.42 Å². The normalized spacial score (nSPS) is 38.4. The van der Waals surface area contributed by atoms with Gasteiger partial charge in [-0.15, -0.1) is 0 Å². The van der Waals surface area contributed by atoms with Crippen LogP contribution >= 0.6 is 0 Å². The topological polar surface area (TPSA) is 12.0 Å². The Morgan fingerprint density at radius 3 is 2.30 bits per heavy atom. The maximum atomic E-state index is 12.6. The third kappa shape index (κ3) is 1.45. The van der Waals surface area contributed by atoms with Gasteiger partial charge >= 0.3 is 0 Å². The molecular weight excluding hydrogens is 136 g/mol. The van der Waals surface area contributed by atoms with Gasteiger partial charge in [-0.25, -0.2) is 8.78 Å². The summed E-state index contributed by atoms with van der Waals surface area (Å²) in [7, 11) is 0. The molecule has 1 nitrogen and oxygen atoms in total. The average molecular weight is 149 g/mol. The smallest absolute Gasteiger partial charge is 0.262 e. The van der Waals surface area contributed by atoms with E-state index in [2.05, 4.69) is 5.32 Å². The van der Waals surface area contributed by atoms with Crippen LogP contribution < -0.4 is 5.32 Å². The highest BCUT2D eigenvalue weighted by Crippen LogP contribution is 2.33. The molecule has 1 rings (SSSR count). The predicted molar refractivity (Wildman–Crippen MR) is 36.3 cm³/mol. The SMILES string of the molecule is CCC1(C)CC(F)(F)CN1. The standard InChI is InChI=1S/C7H13F2N/c1-3-6(2)4-7(8,9)5-10-6/h10H,3-5H2,1-2H3. The molecule has 1 heterocycles. The van der Waals surface area contributed by atoms with E-state index in [0.29, 0.717) is 0 Å². The number of halogens is 2. The molecule has 0 aromatic carbocycles. The molecule has 0 aromatic heterocycles. The van der Waals surface area contributed by atoms with Gasteiger partial charge in [-0.2, -0.15) is 0 Å². The van der Waals surface area contributed by atoms with E-state index in [4.69, 9.17) is 0 Å². The monoisotopic (exact) mass is 149 g/mol. The third-order valence-electron chi connectivity index (χ3n) is 2.20. The summed E-state index contributed by atoms with van der Waals surface area (Å²) >= 11 is 0. The van der Waals surface area contributed by atoms with E-state index in [1.165, 1.54) is 0 Å². The Labute approximate surface area is 59.8 Å². The highest BCUT2D eigenvalue weighted by molar-refractivity contribution is 4.96. The Hall–Kier alpha value is -0.180. The molecule has 0 radical (unpaired) electrons. The zero-order valence-electron chi connectivity index (χ0n) is 6.38. The van der Waals surface area contributed by atoms with Crippen LogP contribution in [0.2, 0.25) is 0 Å². The van der Waals surface area contributed by atoms with Crippen molar-refractivity contribution in [3.63, 3.8) is 0 Å². The molecule has 1 N–H and O–H groups in total. The van der Waals surface area contributed by atoms with E-state index in [-0.39, 0.29) is 18.5 Å². The van der Waals surface area contributed by atoms with Crippen LogP contribution in [0.1, 0.15) is 26.7 Å². The van der Waals surface area contributed by atoms with Crippen LogP contribution in [0.5, 0.6) is 0 Å². The first-order chi connectivity index (χ1) is 4.47. The summed E-state index contributed by atoms with van der Waals surface area (Å²) in [5, 5.41) is 2.82. The Morgan fingerprint density at radius 1 is 1.50 bits per heavy atom. The second-order valence-corrected chi connectivity index (χ2v) is 3.30. The van der Waals surface area contributed by atoms with Crippen LogP contribution in [0.25, 0.3) is 0 Å². The van der Waals surface area contributed by atoms with Crippen molar-refractivity contribution in [1.82, 2.24) is 5.32 Å². The summed E-state index contributed by atoms with van der Waals surface area (Å²) in [5.41, 5.74) is -0.330. The molecule has 10 heavy (non-hydrogen) atoms. The first kappa shape index (κ1) is 7.92. The molecule has 60 valence electrons. The number of hydrogen-bond donors (Lipinski definition) is 1. The van der Waals surface area contributed by atoms with Crippen LogP contribution in [0, 0.1) is 0 Å². The molecule has 1 aliphatic heterocycles. The molecule has 1 unspecified atom stereocenters. The minimum absolute atomic E-state index is 0.0174. The van der Waals surface area contributed by atoms with Gasteiger partial charge in [-0.1, -0.05) is 6.92 Å². The molecule has 1 aliphatic rings. The van der Waals surface area contributed by atoms with Crippen molar-refractivity contribution >= 4 is 0 Å². The van der Waals surface area contributed by atoms with Crippen LogP contribution in [0.3, 0.4) is 0 Å². The minimum atomic E-state index is -2.48. The van der Waals surface area contributed by atoms with Gasteiger partial charge in [0.05, 0.1) is 6.54 Å². The van der Waals surface area contributed by atoms with E-state index in [1.807, 2.05) is 13.8 Å². The Bertz CT molecular complexity index is 136. The van der Waals surface area contributed by atoms with Crippen molar-refractivity contribution in [3.05, 3.63) is 0 Å². The van der Waals surface area contributed by atoms with Crippen LogP contribution in [0.4, 0.5) is 8.78 Å². The van der Waals surface area contributed by atoms with Gasteiger partial charge in [0.1, 0.15) is 0 Å². The molecule has 0 spiro atoms. The second-order valence-electron chi connectivity index (χ2n) is 3.30. The summed E-state index contributed by atoms with van der Waals surface area (Å²) in [6.07, 6.45) is 0.749. The van der Waals surface area contributed by atoms with Crippen LogP contribution in [0.15, 0.2) is 0 Å². The van der Waals surface area contributed by atoms with Gasteiger partial charge < -0.3 is 5.32 Å². The minimum Gasteiger partial charge on any atom is -0.306 e. The fourth-order valence-electron chi connectivity index (χ4n) is 1.29. The summed E-state index contributed by atoms with van der Waals surface area (Å²) in [6.45, 7) is 3.61. The lowest BCUT2D eigenvalue weighted by Crippen LogP contribution is -2.34. The quantitative estimate of drug-likeness (QED) is 0.599. The molecule has 1 atom stereocenters. The van der Waals surface area contributed by atoms with Gasteiger partial charge in [0.25, 0.3) is 5.92 Å².